The van der Waals surface area contributed by atoms with Gasteiger partial charge in [-0.2, -0.15) is 0 Å². The second-order valence-corrected chi connectivity index (χ2v) is 9.26. The summed E-state index contributed by atoms with van der Waals surface area (Å²) in [7, 11) is 1.57. The molecule has 37 heavy (non-hydrogen) atoms. The number of methoxy groups -OCH3 is 1. The third-order valence-electron chi connectivity index (χ3n) is 6.96. The van der Waals surface area contributed by atoms with E-state index in [0.29, 0.717) is 35.8 Å². The number of hydrogen-bond acceptors (Lipinski definition) is 5. The van der Waals surface area contributed by atoms with E-state index in [1.165, 1.54) is 0 Å². The van der Waals surface area contributed by atoms with Crippen LogP contribution in [0.1, 0.15) is 16.8 Å². The van der Waals surface area contributed by atoms with E-state index in [4.69, 9.17) is 4.74 Å². The lowest BCUT2D eigenvalue weighted by Crippen LogP contribution is -2.49. The molecule has 0 saturated carbocycles. The first kappa shape index (κ1) is 24.4. The Morgan fingerprint density at radius 3 is 2.32 bits per heavy atom. The van der Waals surface area contributed by atoms with E-state index in [1.54, 1.807) is 42.3 Å². The van der Waals surface area contributed by atoms with Gasteiger partial charge in [0.2, 0.25) is 11.8 Å². The number of ether oxygens (including phenoxy) is 1. The minimum Gasteiger partial charge on any atom is -0.497 e. The first-order valence-electron chi connectivity index (χ1n) is 12.5. The molecule has 0 aromatic heterocycles. The lowest BCUT2D eigenvalue weighted by Gasteiger charge is -2.36. The van der Waals surface area contributed by atoms with E-state index in [-0.39, 0.29) is 30.7 Å². The summed E-state index contributed by atoms with van der Waals surface area (Å²) in [5.74, 6) is -0.363. The zero-order valence-electron chi connectivity index (χ0n) is 20.8. The molecule has 1 N–H and O–H groups in total. The highest BCUT2D eigenvalue weighted by atomic mass is 16.5. The van der Waals surface area contributed by atoms with E-state index in [9.17, 15) is 14.4 Å². The van der Waals surface area contributed by atoms with Gasteiger partial charge in [0, 0.05) is 56.6 Å². The fourth-order valence-corrected chi connectivity index (χ4v) is 4.90. The molecule has 2 aliphatic rings. The molecule has 2 fully saturated rings. The van der Waals surface area contributed by atoms with Crippen molar-refractivity contribution in [2.45, 2.75) is 6.42 Å². The van der Waals surface area contributed by atoms with Crippen molar-refractivity contribution in [3.05, 3.63) is 84.4 Å². The average Bonchev–Trinajstić information content (AvgIpc) is 3.35. The molecule has 1 atom stereocenters. The third kappa shape index (κ3) is 5.28. The maximum absolute atomic E-state index is 13.4. The zero-order valence-corrected chi connectivity index (χ0v) is 20.8. The van der Waals surface area contributed by atoms with Gasteiger partial charge in [0.1, 0.15) is 5.75 Å². The number of nitrogens with zero attached hydrogens (tertiary/aromatic N) is 3. The summed E-state index contributed by atoms with van der Waals surface area (Å²) in [6.07, 6.45) is 0.112. The van der Waals surface area contributed by atoms with Gasteiger partial charge in [0.05, 0.1) is 24.3 Å². The standard InChI is InChI=1S/C29H30N4O4/c1-37-24-11-7-10-23(19-24)33-20-21(18-27(33)34)28(35)30-26-13-6-5-12-25(26)29(36)32-16-14-31(15-17-32)22-8-3-2-4-9-22/h2-13,19,21H,14-18,20H2,1H3,(H,30,35)/t21-/m1/s1. The van der Waals surface area contributed by atoms with Crippen molar-refractivity contribution >= 4 is 34.8 Å². The van der Waals surface area contributed by atoms with E-state index >= 15 is 0 Å². The van der Waals surface area contributed by atoms with Gasteiger partial charge < -0.3 is 24.8 Å². The first-order chi connectivity index (χ1) is 18.0. The molecule has 0 radical (unpaired) electrons. The highest BCUT2D eigenvalue weighted by molar-refractivity contribution is 6.07. The fraction of sp³-hybridized carbons (Fsp3) is 0.276. The van der Waals surface area contributed by atoms with Gasteiger partial charge >= 0.3 is 0 Å². The van der Waals surface area contributed by atoms with Gasteiger partial charge in [-0.25, -0.2) is 0 Å². The van der Waals surface area contributed by atoms with Gasteiger partial charge in [-0.15, -0.1) is 0 Å². The summed E-state index contributed by atoms with van der Waals surface area (Å²) >= 11 is 0. The smallest absolute Gasteiger partial charge is 0.256 e. The maximum atomic E-state index is 13.4. The summed E-state index contributed by atoms with van der Waals surface area (Å²) < 4.78 is 5.26. The number of carbonyl (C=O) groups excluding carboxylic acids is 3. The van der Waals surface area contributed by atoms with Crippen LogP contribution in [0.5, 0.6) is 5.75 Å². The van der Waals surface area contributed by atoms with Crippen LogP contribution in [0.2, 0.25) is 0 Å². The highest BCUT2D eigenvalue weighted by Crippen LogP contribution is 2.29. The normalized spacial score (nSPS) is 17.6. The van der Waals surface area contributed by atoms with Crippen molar-refractivity contribution in [1.82, 2.24) is 4.90 Å². The Labute approximate surface area is 216 Å². The number of hydrogen-bond donors (Lipinski definition) is 1. The summed E-state index contributed by atoms with van der Waals surface area (Å²) in [5, 5.41) is 2.92. The number of piperazine rings is 1. The number of rotatable bonds is 6. The lowest BCUT2D eigenvalue weighted by atomic mass is 10.1. The van der Waals surface area contributed by atoms with E-state index in [2.05, 4.69) is 22.3 Å². The predicted molar refractivity (Wildman–Crippen MR) is 143 cm³/mol. The fourth-order valence-electron chi connectivity index (χ4n) is 4.90. The Kier molecular flexibility index (Phi) is 7.07. The number of benzene rings is 3. The average molecular weight is 499 g/mol. The molecular weight excluding hydrogens is 468 g/mol. The maximum Gasteiger partial charge on any atom is 0.256 e. The lowest BCUT2D eigenvalue weighted by molar-refractivity contribution is -0.122. The Morgan fingerprint density at radius 2 is 1.57 bits per heavy atom. The van der Waals surface area contributed by atoms with Gasteiger partial charge in [0.25, 0.3) is 5.91 Å². The van der Waals surface area contributed by atoms with Crippen LogP contribution >= 0.6 is 0 Å². The zero-order chi connectivity index (χ0) is 25.8. The SMILES string of the molecule is COc1cccc(N2C[C@H](C(=O)Nc3ccccc3C(=O)N3CCN(c4ccccc4)CC3)CC2=O)c1. The monoisotopic (exact) mass is 498 g/mol. The number of anilines is 3. The molecule has 2 heterocycles. The Morgan fingerprint density at radius 1 is 0.865 bits per heavy atom. The quantitative estimate of drug-likeness (QED) is 0.561. The van der Waals surface area contributed by atoms with Crippen LogP contribution in [-0.4, -0.2) is 62.5 Å². The molecule has 3 aromatic carbocycles. The van der Waals surface area contributed by atoms with Gasteiger partial charge in [-0.3, -0.25) is 14.4 Å². The van der Waals surface area contributed by atoms with Crippen molar-refractivity contribution in [2.75, 3.05) is 55.0 Å². The number of para-hydroxylation sites is 2. The van der Waals surface area contributed by atoms with Crippen LogP contribution in [0.25, 0.3) is 0 Å². The number of amides is 3. The number of nitrogens with one attached hydrogen (secondary N) is 1. The molecule has 5 rings (SSSR count). The molecule has 3 amide bonds. The van der Waals surface area contributed by atoms with Gasteiger partial charge in [-0.05, 0) is 36.4 Å². The molecule has 8 heteroatoms. The first-order valence-corrected chi connectivity index (χ1v) is 12.5. The molecule has 0 bridgehead atoms. The highest BCUT2D eigenvalue weighted by Gasteiger charge is 2.36. The molecule has 8 nitrogen and oxygen atoms in total. The molecular formula is C29H30N4O4. The van der Waals surface area contributed by atoms with Crippen molar-refractivity contribution in [3.8, 4) is 5.75 Å². The second-order valence-electron chi connectivity index (χ2n) is 9.26. The minimum atomic E-state index is -0.517. The van der Waals surface area contributed by atoms with Crippen LogP contribution in [0.4, 0.5) is 17.1 Å². The van der Waals surface area contributed by atoms with Gasteiger partial charge in [-0.1, -0.05) is 36.4 Å². The minimum absolute atomic E-state index is 0.107. The van der Waals surface area contributed by atoms with Crippen molar-refractivity contribution in [2.24, 2.45) is 5.92 Å². The summed E-state index contributed by atoms with van der Waals surface area (Å²) in [4.78, 5) is 45.0. The van der Waals surface area contributed by atoms with Crippen LogP contribution in [-0.2, 0) is 9.59 Å². The van der Waals surface area contributed by atoms with E-state index < -0.39 is 5.92 Å². The molecule has 0 spiro atoms. The Bertz CT molecular complexity index is 1290. The van der Waals surface area contributed by atoms with E-state index in [1.807, 2.05) is 41.3 Å². The molecule has 2 aliphatic heterocycles. The van der Waals surface area contributed by atoms with Crippen LogP contribution < -0.4 is 19.9 Å². The van der Waals surface area contributed by atoms with Crippen molar-refractivity contribution < 1.29 is 19.1 Å². The molecule has 2 saturated heterocycles. The topological polar surface area (TPSA) is 82.2 Å². The largest absolute Gasteiger partial charge is 0.497 e. The second kappa shape index (κ2) is 10.7. The van der Waals surface area contributed by atoms with Crippen molar-refractivity contribution in [3.63, 3.8) is 0 Å². The summed E-state index contributed by atoms with van der Waals surface area (Å²) in [6, 6.07) is 24.5. The Hall–Kier alpha value is -4.33. The summed E-state index contributed by atoms with van der Waals surface area (Å²) in [5.41, 5.74) is 2.77. The molecule has 0 unspecified atom stereocenters. The molecule has 190 valence electrons. The van der Waals surface area contributed by atoms with E-state index in [0.717, 1.165) is 18.8 Å². The predicted octanol–water partition coefficient (Wildman–Crippen LogP) is 3.65. The van der Waals surface area contributed by atoms with Crippen LogP contribution in [0.15, 0.2) is 78.9 Å². The third-order valence-corrected chi connectivity index (χ3v) is 6.96. The van der Waals surface area contributed by atoms with Crippen LogP contribution in [0, 0.1) is 5.92 Å². The van der Waals surface area contributed by atoms with Crippen LogP contribution in [0.3, 0.4) is 0 Å². The molecule has 3 aromatic rings. The molecule has 0 aliphatic carbocycles. The summed E-state index contributed by atoms with van der Waals surface area (Å²) in [6.45, 7) is 2.96. The van der Waals surface area contributed by atoms with Gasteiger partial charge in [0.15, 0.2) is 0 Å². The Balaban J connectivity index is 1.24. The van der Waals surface area contributed by atoms with Crippen molar-refractivity contribution in [1.29, 1.82) is 0 Å². The number of carbonyl (C=O) groups is 3.